The third kappa shape index (κ3) is 3.58. The normalized spacial score (nSPS) is 24.6. The van der Waals surface area contributed by atoms with Crippen LogP contribution in [-0.2, 0) is 19.1 Å². The van der Waals surface area contributed by atoms with Crippen LogP contribution in [0.3, 0.4) is 0 Å². The SMILES string of the molecule is COC(=O)c1c(-c2ccc(Cl)c(Cl)c2)csc1NC(=O)[C@H]1[C@@H](C(=O)O)[C@@H]2CC[C@H]1O2. The van der Waals surface area contributed by atoms with E-state index in [1.165, 1.54) is 7.11 Å². The molecule has 2 aliphatic rings. The lowest BCUT2D eigenvalue weighted by Crippen LogP contribution is -2.41. The lowest BCUT2D eigenvalue weighted by molar-refractivity contribution is -0.147. The molecule has 0 radical (unpaired) electrons. The molecule has 0 saturated carbocycles. The number of hydrogen-bond donors (Lipinski definition) is 2. The maximum Gasteiger partial charge on any atom is 0.341 e. The van der Waals surface area contributed by atoms with Crippen LogP contribution in [0.15, 0.2) is 23.6 Å². The van der Waals surface area contributed by atoms with E-state index in [1.807, 2.05) is 0 Å². The van der Waals surface area contributed by atoms with Crippen LogP contribution in [-0.4, -0.2) is 42.3 Å². The van der Waals surface area contributed by atoms with E-state index < -0.39 is 41.9 Å². The number of carbonyl (C=O) groups is 3. The van der Waals surface area contributed by atoms with Gasteiger partial charge in [-0.2, -0.15) is 0 Å². The number of amides is 1. The minimum Gasteiger partial charge on any atom is -0.481 e. The average Bonchev–Trinajstić information content (AvgIpc) is 3.43. The van der Waals surface area contributed by atoms with Crippen molar-refractivity contribution in [3.05, 3.63) is 39.2 Å². The first-order chi connectivity index (χ1) is 14.3. The number of esters is 1. The van der Waals surface area contributed by atoms with Crippen molar-refractivity contribution in [2.75, 3.05) is 12.4 Å². The van der Waals surface area contributed by atoms with Gasteiger partial charge in [-0.25, -0.2) is 4.79 Å². The highest BCUT2D eigenvalue weighted by Gasteiger charge is 2.55. The molecule has 0 aliphatic carbocycles. The van der Waals surface area contributed by atoms with Crippen molar-refractivity contribution in [3.63, 3.8) is 0 Å². The number of nitrogens with one attached hydrogen (secondary N) is 1. The summed E-state index contributed by atoms with van der Waals surface area (Å²) in [5, 5.41) is 15.0. The zero-order chi connectivity index (χ0) is 21.6. The van der Waals surface area contributed by atoms with Crippen LogP contribution in [0.4, 0.5) is 5.00 Å². The number of carboxylic acids is 1. The summed E-state index contributed by atoms with van der Waals surface area (Å²) >= 11 is 13.2. The monoisotopic (exact) mass is 469 g/mol. The van der Waals surface area contributed by atoms with Gasteiger partial charge in [-0.3, -0.25) is 9.59 Å². The van der Waals surface area contributed by atoms with E-state index in [0.717, 1.165) is 11.3 Å². The van der Waals surface area contributed by atoms with Gasteiger partial charge in [-0.1, -0.05) is 29.3 Å². The third-order valence-corrected chi connectivity index (χ3v) is 7.14. The molecule has 0 spiro atoms. The van der Waals surface area contributed by atoms with Crippen molar-refractivity contribution in [3.8, 4) is 11.1 Å². The molecule has 1 aromatic heterocycles. The number of anilines is 1. The molecule has 4 rings (SSSR count). The number of hydrogen-bond acceptors (Lipinski definition) is 6. The fourth-order valence-electron chi connectivity index (χ4n) is 4.15. The molecule has 2 N–H and O–H groups in total. The Morgan fingerprint density at radius 1 is 1.17 bits per heavy atom. The molecule has 1 amide bonds. The Labute approximate surface area is 185 Å². The van der Waals surface area contributed by atoms with Gasteiger partial charge in [-0.05, 0) is 30.5 Å². The van der Waals surface area contributed by atoms with Gasteiger partial charge in [0.15, 0.2) is 0 Å². The van der Waals surface area contributed by atoms with E-state index in [9.17, 15) is 19.5 Å². The summed E-state index contributed by atoms with van der Waals surface area (Å²) < 4.78 is 10.6. The number of aliphatic carboxylic acids is 1. The number of methoxy groups -OCH3 is 1. The summed E-state index contributed by atoms with van der Waals surface area (Å²) in [5.41, 5.74) is 1.33. The minimum absolute atomic E-state index is 0.171. The number of ether oxygens (including phenoxy) is 2. The van der Waals surface area contributed by atoms with Crippen LogP contribution < -0.4 is 5.32 Å². The van der Waals surface area contributed by atoms with E-state index in [4.69, 9.17) is 32.7 Å². The van der Waals surface area contributed by atoms with Gasteiger partial charge in [0.2, 0.25) is 5.91 Å². The van der Waals surface area contributed by atoms with Crippen LogP contribution >= 0.6 is 34.5 Å². The number of carbonyl (C=O) groups excluding carboxylic acids is 2. The smallest absolute Gasteiger partial charge is 0.341 e. The number of benzene rings is 1. The molecule has 2 fully saturated rings. The molecule has 2 aromatic rings. The third-order valence-electron chi connectivity index (χ3n) is 5.51. The minimum atomic E-state index is -1.06. The Morgan fingerprint density at radius 3 is 2.50 bits per heavy atom. The molecule has 30 heavy (non-hydrogen) atoms. The van der Waals surface area contributed by atoms with Crippen molar-refractivity contribution in [2.45, 2.75) is 25.0 Å². The molecule has 1 aromatic carbocycles. The second kappa shape index (κ2) is 8.19. The van der Waals surface area contributed by atoms with E-state index in [1.54, 1.807) is 23.6 Å². The Kier molecular flexibility index (Phi) is 5.76. The molecule has 3 heterocycles. The lowest BCUT2D eigenvalue weighted by Gasteiger charge is -2.23. The Hall–Kier alpha value is -2.13. The second-order valence-electron chi connectivity index (χ2n) is 7.14. The summed E-state index contributed by atoms with van der Waals surface area (Å²) in [7, 11) is 1.24. The molecule has 0 unspecified atom stereocenters. The van der Waals surface area contributed by atoms with Crippen LogP contribution in [0, 0.1) is 11.8 Å². The molecule has 2 bridgehead atoms. The van der Waals surface area contributed by atoms with Crippen LogP contribution in [0.25, 0.3) is 11.1 Å². The standard InChI is InChI=1S/C20H17Cl2NO6S/c1-28-20(27)14-9(8-2-3-10(21)11(22)6-8)7-30-18(14)23-17(24)15-12-4-5-13(29-12)16(15)19(25)26/h2-3,6-7,12-13,15-16H,4-5H2,1H3,(H,23,24)(H,25,26)/t12-,13+,15-,16+/m1/s1. The van der Waals surface area contributed by atoms with E-state index >= 15 is 0 Å². The van der Waals surface area contributed by atoms with Gasteiger partial charge in [0.25, 0.3) is 0 Å². The van der Waals surface area contributed by atoms with Crippen molar-refractivity contribution < 1.29 is 29.0 Å². The highest BCUT2D eigenvalue weighted by Crippen LogP contribution is 2.45. The molecule has 2 saturated heterocycles. The van der Waals surface area contributed by atoms with Gasteiger partial charge >= 0.3 is 11.9 Å². The highest BCUT2D eigenvalue weighted by molar-refractivity contribution is 7.15. The highest BCUT2D eigenvalue weighted by atomic mass is 35.5. The van der Waals surface area contributed by atoms with Gasteiger partial charge < -0.3 is 19.9 Å². The van der Waals surface area contributed by atoms with Crippen LogP contribution in [0.5, 0.6) is 0 Å². The largest absolute Gasteiger partial charge is 0.481 e. The van der Waals surface area contributed by atoms with Crippen molar-refractivity contribution in [2.24, 2.45) is 11.8 Å². The topological polar surface area (TPSA) is 102 Å². The van der Waals surface area contributed by atoms with E-state index in [0.29, 0.717) is 34.0 Å². The molecular formula is C20H17Cl2NO6S. The van der Waals surface area contributed by atoms with E-state index in [-0.39, 0.29) is 10.6 Å². The number of rotatable bonds is 5. The quantitative estimate of drug-likeness (QED) is 0.631. The molecule has 10 heteroatoms. The van der Waals surface area contributed by atoms with Crippen LogP contribution in [0.2, 0.25) is 10.0 Å². The van der Waals surface area contributed by atoms with Gasteiger partial charge in [0, 0.05) is 10.9 Å². The second-order valence-corrected chi connectivity index (χ2v) is 8.84. The zero-order valence-electron chi connectivity index (χ0n) is 15.7. The fraction of sp³-hybridized carbons (Fsp3) is 0.350. The maximum atomic E-state index is 13.0. The molecule has 2 aliphatic heterocycles. The molecule has 7 nitrogen and oxygen atoms in total. The Balaban J connectivity index is 1.67. The zero-order valence-corrected chi connectivity index (χ0v) is 18.0. The Bertz CT molecular complexity index is 1040. The summed E-state index contributed by atoms with van der Waals surface area (Å²) in [5.74, 6) is -3.89. The van der Waals surface area contributed by atoms with Gasteiger partial charge in [0.05, 0.1) is 41.2 Å². The first kappa shape index (κ1) is 21.1. The molecular weight excluding hydrogens is 453 g/mol. The van der Waals surface area contributed by atoms with Gasteiger partial charge in [-0.15, -0.1) is 11.3 Å². The summed E-state index contributed by atoms with van der Waals surface area (Å²) in [4.78, 5) is 37.2. The Morgan fingerprint density at radius 2 is 1.87 bits per heavy atom. The first-order valence-electron chi connectivity index (χ1n) is 9.16. The fourth-order valence-corrected chi connectivity index (χ4v) is 5.41. The van der Waals surface area contributed by atoms with Crippen molar-refractivity contribution in [1.82, 2.24) is 0 Å². The van der Waals surface area contributed by atoms with Gasteiger partial charge in [0.1, 0.15) is 10.6 Å². The summed E-state index contributed by atoms with van der Waals surface area (Å²) in [6, 6.07) is 4.94. The predicted molar refractivity (Wildman–Crippen MR) is 112 cm³/mol. The lowest BCUT2D eigenvalue weighted by atomic mass is 9.79. The maximum absolute atomic E-state index is 13.0. The van der Waals surface area contributed by atoms with Crippen molar-refractivity contribution in [1.29, 1.82) is 0 Å². The number of halogens is 2. The van der Waals surface area contributed by atoms with E-state index in [2.05, 4.69) is 5.32 Å². The number of carboxylic acid groups (broad SMARTS) is 1. The predicted octanol–water partition coefficient (Wildman–Crippen LogP) is 4.33. The first-order valence-corrected chi connectivity index (χ1v) is 10.8. The number of thiophene rings is 1. The average molecular weight is 470 g/mol. The van der Waals surface area contributed by atoms with Crippen molar-refractivity contribution >= 4 is 57.4 Å². The van der Waals surface area contributed by atoms with Crippen LogP contribution in [0.1, 0.15) is 23.2 Å². The molecule has 4 atom stereocenters. The number of fused-ring (bicyclic) bond motifs is 2. The summed E-state index contributed by atoms with van der Waals surface area (Å²) in [6.07, 6.45) is 0.361. The summed E-state index contributed by atoms with van der Waals surface area (Å²) in [6.45, 7) is 0. The molecule has 158 valence electrons.